The Morgan fingerprint density at radius 3 is 2.86 bits per heavy atom. The van der Waals surface area contributed by atoms with Crippen LogP contribution < -0.4 is 5.32 Å². The molecule has 6 heteroatoms. The molecule has 0 aliphatic heterocycles. The molecular formula is C16H10ClFN2OS. The normalized spacial score (nSPS) is 11.2. The van der Waals surface area contributed by atoms with Crippen LogP contribution in [0.5, 0.6) is 0 Å². The maximum Gasteiger partial charge on any atom is 0.248 e. The highest BCUT2D eigenvalue weighted by molar-refractivity contribution is 7.19. The molecule has 0 unspecified atom stereocenters. The molecule has 0 spiro atoms. The van der Waals surface area contributed by atoms with E-state index in [1.807, 2.05) is 24.3 Å². The van der Waals surface area contributed by atoms with Crippen molar-refractivity contribution in [2.24, 2.45) is 0 Å². The zero-order chi connectivity index (χ0) is 15.5. The molecule has 3 rings (SSSR count). The van der Waals surface area contributed by atoms with E-state index in [2.05, 4.69) is 10.3 Å². The first kappa shape index (κ1) is 14.7. The summed E-state index contributed by atoms with van der Waals surface area (Å²) < 4.78 is 14.3. The number of halogens is 2. The average Bonchev–Trinajstić information content (AvgIpc) is 2.92. The Morgan fingerprint density at radius 2 is 2.09 bits per heavy atom. The zero-order valence-corrected chi connectivity index (χ0v) is 12.8. The quantitative estimate of drug-likeness (QED) is 0.704. The smallest absolute Gasteiger partial charge is 0.248 e. The third kappa shape index (κ3) is 3.32. The fourth-order valence-corrected chi connectivity index (χ4v) is 2.85. The minimum atomic E-state index is -0.574. The van der Waals surface area contributed by atoms with E-state index in [9.17, 15) is 9.18 Å². The Bertz CT molecular complexity index is 842. The minimum absolute atomic E-state index is 0.0167. The predicted octanol–water partition coefficient (Wildman–Crippen LogP) is 4.74. The topological polar surface area (TPSA) is 42.0 Å². The second-order valence-electron chi connectivity index (χ2n) is 4.47. The molecule has 1 N–H and O–H groups in total. The number of carbonyl (C=O) groups is 1. The number of fused-ring (bicyclic) bond motifs is 1. The number of rotatable bonds is 3. The van der Waals surface area contributed by atoms with Crippen LogP contribution in [0, 0.1) is 5.82 Å². The van der Waals surface area contributed by atoms with Crippen LogP contribution >= 0.6 is 22.9 Å². The van der Waals surface area contributed by atoms with Crippen LogP contribution in [0.15, 0.2) is 48.5 Å². The van der Waals surface area contributed by atoms with Gasteiger partial charge in [0.1, 0.15) is 10.8 Å². The van der Waals surface area contributed by atoms with Gasteiger partial charge in [0.15, 0.2) is 0 Å². The van der Waals surface area contributed by atoms with Crippen molar-refractivity contribution in [3.63, 3.8) is 0 Å². The summed E-state index contributed by atoms with van der Waals surface area (Å²) in [5.74, 6) is -0.935. The number of aromatic nitrogens is 1. The summed E-state index contributed by atoms with van der Waals surface area (Å²) in [5.41, 5.74) is 1.24. The summed E-state index contributed by atoms with van der Waals surface area (Å²) in [7, 11) is 0. The van der Waals surface area contributed by atoms with E-state index in [0.717, 1.165) is 15.2 Å². The van der Waals surface area contributed by atoms with Crippen molar-refractivity contribution in [1.29, 1.82) is 0 Å². The van der Waals surface area contributed by atoms with Gasteiger partial charge in [-0.1, -0.05) is 23.7 Å². The van der Waals surface area contributed by atoms with Crippen molar-refractivity contribution in [3.05, 3.63) is 64.4 Å². The molecule has 3 nitrogen and oxygen atoms in total. The Labute approximate surface area is 135 Å². The summed E-state index contributed by atoms with van der Waals surface area (Å²) in [6.07, 6.45) is 3.00. The summed E-state index contributed by atoms with van der Waals surface area (Å²) in [6.45, 7) is 0. The van der Waals surface area contributed by atoms with E-state index >= 15 is 0 Å². The molecule has 3 aromatic rings. The lowest BCUT2D eigenvalue weighted by Crippen LogP contribution is -2.07. The number of anilines is 1. The largest absolute Gasteiger partial charge is 0.322 e. The van der Waals surface area contributed by atoms with Crippen LogP contribution in [0.25, 0.3) is 16.3 Å². The number of hydrogen-bond donors (Lipinski definition) is 1. The van der Waals surface area contributed by atoms with Gasteiger partial charge in [0, 0.05) is 11.8 Å². The van der Waals surface area contributed by atoms with Crippen LogP contribution in [0.4, 0.5) is 10.1 Å². The van der Waals surface area contributed by atoms with E-state index in [1.54, 1.807) is 6.08 Å². The predicted molar refractivity (Wildman–Crippen MR) is 88.7 cm³/mol. The first-order valence-corrected chi connectivity index (χ1v) is 7.61. The molecule has 110 valence electrons. The highest BCUT2D eigenvalue weighted by Crippen LogP contribution is 2.22. The van der Waals surface area contributed by atoms with E-state index in [0.29, 0.717) is 5.69 Å². The fraction of sp³-hybridized carbons (Fsp3) is 0. The summed E-state index contributed by atoms with van der Waals surface area (Å²) >= 11 is 7.08. The summed E-state index contributed by atoms with van der Waals surface area (Å²) in [4.78, 5) is 16.2. The monoisotopic (exact) mass is 332 g/mol. The SMILES string of the molecule is O=C(C=Cc1nc2ccccc2s1)Nc1ccc(Cl)c(F)c1. The fourth-order valence-electron chi connectivity index (χ4n) is 1.87. The Kier molecular flexibility index (Phi) is 4.18. The van der Waals surface area contributed by atoms with E-state index < -0.39 is 5.82 Å². The molecular weight excluding hydrogens is 323 g/mol. The molecule has 0 saturated heterocycles. The first-order chi connectivity index (χ1) is 10.6. The molecule has 0 aliphatic carbocycles. The number of amides is 1. The van der Waals surface area contributed by atoms with Crippen LogP contribution in [-0.4, -0.2) is 10.9 Å². The van der Waals surface area contributed by atoms with Gasteiger partial charge >= 0.3 is 0 Å². The van der Waals surface area contributed by atoms with Crippen LogP contribution in [-0.2, 0) is 4.79 Å². The second-order valence-corrected chi connectivity index (χ2v) is 5.94. The first-order valence-electron chi connectivity index (χ1n) is 6.41. The van der Waals surface area contributed by atoms with Gasteiger partial charge in [-0.3, -0.25) is 4.79 Å². The van der Waals surface area contributed by atoms with Crippen LogP contribution in [0.2, 0.25) is 5.02 Å². The summed E-state index contributed by atoms with van der Waals surface area (Å²) in [5, 5.41) is 3.32. The lowest BCUT2D eigenvalue weighted by atomic mass is 10.3. The lowest BCUT2D eigenvalue weighted by molar-refractivity contribution is -0.111. The van der Waals surface area contributed by atoms with Gasteiger partial charge in [-0.25, -0.2) is 9.37 Å². The van der Waals surface area contributed by atoms with E-state index in [1.165, 1.54) is 35.6 Å². The number of carbonyl (C=O) groups excluding carboxylic acids is 1. The summed E-state index contributed by atoms with van der Waals surface area (Å²) in [6, 6.07) is 11.8. The third-order valence-corrected chi connectivity index (χ3v) is 4.18. The van der Waals surface area contributed by atoms with Crippen molar-refractivity contribution in [3.8, 4) is 0 Å². The Morgan fingerprint density at radius 1 is 1.27 bits per heavy atom. The maximum absolute atomic E-state index is 13.3. The highest BCUT2D eigenvalue weighted by Gasteiger charge is 2.04. The number of hydrogen-bond acceptors (Lipinski definition) is 3. The zero-order valence-electron chi connectivity index (χ0n) is 11.2. The van der Waals surface area contributed by atoms with Gasteiger partial charge in [-0.05, 0) is 36.4 Å². The lowest BCUT2D eigenvalue weighted by Gasteiger charge is -2.02. The van der Waals surface area contributed by atoms with Gasteiger partial charge in [0.2, 0.25) is 5.91 Å². The van der Waals surface area contributed by atoms with E-state index in [4.69, 9.17) is 11.6 Å². The van der Waals surface area contributed by atoms with Crippen molar-refractivity contribution in [1.82, 2.24) is 4.98 Å². The average molecular weight is 333 g/mol. The third-order valence-electron chi connectivity index (χ3n) is 2.87. The van der Waals surface area contributed by atoms with Gasteiger partial charge in [0.05, 0.1) is 15.2 Å². The van der Waals surface area contributed by atoms with Gasteiger partial charge < -0.3 is 5.32 Å². The standard InChI is InChI=1S/C16H10ClFN2OS/c17-11-6-5-10(9-12(11)18)19-15(21)7-8-16-20-13-3-1-2-4-14(13)22-16/h1-9H,(H,19,21). The Hall–Kier alpha value is -2.24. The molecule has 1 amide bonds. The molecule has 0 fully saturated rings. The molecule has 1 heterocycles. The van der Waals surface area contributed by atoms with Crippen LogP contribution in [0.3, 0.4) is 0 Å². The van der Waals surface area contributed by atoms with E-state index in [-0.39, 0.29) is 10.9 Å². The number of thiazole rings is 1. The molecule has 22 heavy (non-hydrogen) atoms. The second kappa shape index (κ2) is 6.25. The van der Waals surface area contributed by atoms with Gasteiger partial charge in [-0.2, -0.15) is 0 Å². The molecule has 1 aromatic heterocycles. The van der Waals surface area contributed by atoms with Crippen LogP contribution in [0.1, 0.15) is 5.01 Å². The van der Waals surface area contributed by atoms with Crippen molar-refractivity contribution in [2.75, 3.05) is 5.32 Å². The van der Waals surface area contributed by atoms with Gasteiger partial charge in [-0.15, -0.1) is 11.3 Å². The minimum Gasteiger partial charge on any atom is -0.322 e. The molecule has 0 saturated carbocycles. The number of benzene rings is 2. The number of nitrogens with zero attached hydrogens (tertiary/aromatic N) is 1. The molecule has 0 radical (unpaired) electrons. The number of nitrogens with one attached hydrogen (secondary N) is 1. The Balaban J connectivity index is 1.71. The molecule has 0 bridgehead atoms. The highest BCUT2D eigenvalue weighted by atomic mass is 35.5. The van der Waals surface area contributed by atoms with Crippen molar-refractivity contribution in [2.45, 2.75) is 0 Å². The molecule has 0 aliphatic rings. The maximum atomic E-state index is 13.3. The molecule has 0 atom stereocenters. The number of para-hydroxylation sites is 1. The van der Waals surface area contributed by atoms with Crippen molar-refractivity contribution < 1.29 is 9.18 Å². The molecule has 2 aromatic carbocycles. The van der Waals surface area contributed by atoms with Gasteiger partial charge in [0.25, 0.3) is 0 Å². The van der Waals surface area contributed by atoms with Crippen molar-refractivity contribution >= 4 is 50.8 Å².